The average molecular weight is 248 g/mol. The normalized spacial score (nSPS) is 20.4. The van der Waals surface area contributed by atoms with Crippen molar-refractivity contribution in [1.82, 2.24) is 0 Å². The standard InChI is InChI=1S/C16H24O2/c1-2-3-4-8-14(17)12-16-15-9-6-5-7-13(15)10-11-18-16/h5-7,9,14,16-17H,2-4,8,10-12H2,1H3. The molecule has 2 unspecified atom stereocenters. The molecule has 1 aromatic rings. The van der Waals surface area contributed by atoms with Crippen LogP contribution in [0.3, 0.4) is 0 Å². The molecule has 0 amide bonds. The van der Waals surface area contributed by atoms with Gasteiger partial charge in [-0.25, -0.2) is 0 Å². The fourth-order valence-electron chi connectivity index (χ4n) is 2.67. The Morgan fingerprint density at radius 1 is 1.33 bits per heavy atom. The highest BCUT2D eigenvalue weighted by molar-refractivity contribution is 5.30. The second-order valence-corrected chi connectivity index (χ2v) is 5.19. The Kier molecular flexibility index (Phi) is 5.21. The van der Waals surface area contributed by atoms with E-state index in [0.29, 0.717) is 0 Å². The van der Waals surface area contributed by atoms with Gasteiger partial charge in [0.05, 0.1) is 18.8 Å². The van der Waals surface area contributed by atoms with Gasteiger partial charge in [0.1, 0.15) is 0 Å². The van der Waals surface area contributed by atoms with Crippen molar-refractivity contribution in [2.24, 2.45) is 0 Å². The molecule has 0 bridgehead atoms. The number of fused-ring (bicyclic) bond motifs is 1. The average Bonchev–Trinajstić information content (AvgIpc) is 2.39. The van der Waals surface area contributed by atoms with Crippen LogP contribution in [0.1, 0.15) is 56.3 Å². The zero-order valence-electron chi connectivity index (χ0n) is 11.3. The summed E-state index contributed by atoms with van der Waals surface area (Å²) in [6.45, 7) is 2.97. The minimum absolute atomic E-state index is 0.0894. The molecule has 18 heavy (non-hydrogen) atoms. The molecule has 100 valence electrons. The lowest BCUT2D eigenvalue weighted by atomic mass is 9.93. The van der Waals surface area contributed by atoms with E-state index in [1.165, 1.54) is 24.0 Å². The lowest BCUT2D eigenvalue weighted by Crippen LogP contribution is -2.21. The molecule has 0 saturated heterocycles. The summed E-state index contributed by atoms with van der Waals surface area (Å²) in [6.07, 6.45) is 6.02. The number of aliphatic hydroxyl groups is 1. The summed E-state index contributed by atoms with van der Waals surface area (Å²) in [5, 5.41) is 10.1. The van der Waals surface area contributed by atoms with Crippen LogP contribution in [0.15, 0.2) is 24.3 Å². The Labute approximate surface area is 110 Å². The maximum atomic E-state index is 10.1. The Balaban J connectivity index is 1.90. The summed E-state index contributed by atoms with van der Waals surface area (Å²) in [7, 11) is 0. The molecular weight excluding hydrogens is 224 g/mol. The molecule has 0 fully saturated rings. The van der Waals surface area contributed by atoms with Gasteiger partial charge in [-0.2, -0.15) is 0 Å². The summed E-state index contributed by atoms with van der Waals surface area (Å²) in [5.41, 5.74) is 2.66. The summed E-state index contributed by atoms with van der Waals surface area (Å²) >= 11 is 0. The van der Waals surface area contributed by atoms with Gasteiger partial charge in [0.15, 0.2) is 0 Å². The van der Waals surface area contributed by atoms with Crippen molar-refractivity contribution in [1.29, 1.82) is 0 Å². The number of hydrogen-bond acceptors (Lipinski definition) is 2. The van der Waals surface area contributed by atoms with E-state index in [-0.39, 0.29) is 12.2 Å². The van der Waals surface area contributed by atoms with E-state index in [4.69, 9.17) is 4.74 Å². The molecule has 2 rings (SSSR count). The van der Waals surface area contributed by atoms with E-state index in [1.54, 1.807) is 0 Å². The van der Waals surface area contributed by atoms with Crippen LogP contribution in [-0.2, 0) is 11.2 Å². The van der Waals surface area contributed by atoms with Crippen LogP contribution in [0, 0.1) is 0 Å². The largest absolute Gasteiger partial charge is 0.393 e. The molecule has 0 saturated carbocycles. The predicted octanol–water partition coefficient (Wildman–Crippen LogP) is 3.63. The minimum Gasteiger partial charge on any atom is -0.393 e. The molecular formula is C16H24O2. The van der Waals surface area contributed by atoms with Gasteiger partial charge in [-0.05, 0) is 24.0 Å². The third kappa shape index (κ3) is 3.56. The Hall–Kier alpha value is -0.860. The molecule has 1 heterocycles. The Bertz CT molecular complexity index is 362. The maximum absolute atomic E-state index is 10.1. The second kappa shape index (κ2) is 6.91. The van der Waals surface area contributed by atoms with E-state index < -0.39 is 0 Å². The smallest absolute Gasteiger partial charge is 0.0852 e. The van der Waals surface area contributed by atoms with Crippen LogP contribution in [0.4, 0.5) is 0 Å². The first-order valence-electron chi connectivity index (χ1n) is 7.18. The van der Waals surface area contributed by atoms with Crippen molar-refractivity contribution in [3.63, 3.8) is 0 Å². The zero-order chi connectivity index (χ0) is 12.8. The van der Waals surface area contributed by atoms with Gasteiger partial charge >= 0.3 is 0 Å². The summed E-state index contributed by atoms with van der Waals surface area (Å²) < 4.78 is 5.82. The topological polar surface area (TPSA) is 29.5 Å². The van der Waals surface area contributed by atoms with Crippen LogP contribution in [0.25, 0.3) is 0 Å². The minimum atomic E-state index is -0.229. The van der Waals surface area contributed by atoms with Crippen LogP contribution in [0.2, 0.25) is 0 Å². The molecule has 1 aliphatic rings. The van der Waals surface area contributed by atoms with Gasteiger partial charge < -0.3 is 9.84 Å². The fraction of sp³-hybridized carbons (Fsp3) is 0.625. The van der Waals surface area contributed by atoms with E-state index in [0.717, 1.165) is 32.3 Å². The lowest BCUT2D eigenvalue weighted by Gasteiger charge is -2.27. The van der Waals surface area contributed by atoms with Gasteiger partial charge in [0, 0.05) is 6.42 Å². The van der Waals surface area contributed by atoms with Gasteiger partial charge in [-0.3, -0.25) is 0 Å². The number of aliphatic hydroxyl groups excluding tert-OH is 1. The number of ether oxygens (including phenoxy) is 1. The molecule has 1 N–H and O–H groups in total. The quantitative estimate of drug-likeness (QED) is 0.779. The Morgan fingerprint density at radius 2 is 2.17 bits per heavy atom. The van der Waals surface area contributed by atoms with Crippen molar-refractivity contribution < 1.29 is 9.84 Å². The summed E-state index contributed by atoms with van der Waals surface area (Å²) in [5.74, 6) is 0. The van der Waals surface area contributed by atoms with Gasteiger partial charge in [-0.1, -0.05) is 50.5 Å². The fourth-order valence-corrected chi connectivity index (χ4v) is 2.67. The number of hydrogen-bond donors (Lipinski definition) is 1. The van der Waals surface area contributed by atoms with Crippen molar-refractivity contribution >= 4 is 0 Å². The molecule has 0 radical (unpaired) electrons. The van der Waals surface area contributed by atoms with Gasteiger partial charge in [0.25, 0.3) is 0 Å². The summed E-state index contributed by atoms with van der Waals surface area (Å²) in [4.78, 5) is 0. The molecule has 2 atom stereocenters. The van der Waals surface area contributed by atoms with E-state index in [1.807, 2.05) is 0 Å². The van der Waals surface area contributed by atoms with E-state index >= 15 is 0 Å². The van der Waals surface area contributed by atoms with Crippen molar-refractivity contribution in [2.75, 3.05) is 6.61 Å². The third-order valence-electron chi connectivity index (χ3n) is 3.72. The highest BCUT2D eigenvalue weighted by Crippen LogP contribution is 2.31. The van der Waals surface area contributed by atoms with Crippen LogP contribution in [0.5, 0.6) is 0 Å². The number of rotatable bonds is 6. The van der Waals surface area contributed by atoms with Gasteiger partial charge in [0.2, 0.25) is 0 Å². The molecule has 1 aromatic carbocycles. The first-order chi connectivity index (χ1) is 8.81. The molecule has 2 heteroatoms. The first-order valence-corrected chi connectivity index (χ1v) is 7.18. The summed E-state index contributed by atoms with van der Waals surface area (Å²) in [6, 6.07) is 8.45. The van der Waals surface area contributed by atoms with Crippen LogP contribution < -0.4 is 0 Å². The monoisotopic (exact) mass is 248 g/mol. The molecule has 1 aliphatic heterocycles. The highest BCUT2D eigenvalue weighted by Gasteiger charge is 2.22. The first kappa shape index (κ1) is 13.6. The Morgan fingerprint density at radius 3 is 3.00 bits per heavy atom. The molecule has 0 spiro atoms. The number of benzene rings is 1. The predicted molar refractivity (Wildman–Crippen MR) is 73.6 cm³/mol. The zero-order valence-corrected chi connectivity index (χ0v) is 11.3. The molecule has 2 nitrogen and oxygen atoms in total. The lowest BCUT2D eigenvalue weighted by molar-refractivity contribution is 0.00203. The third-order valence-corrected chi connectivity index (χ3v) is 3.72. The van der Waals surface area contributed by atoms with Crippen LogP contribution in [-0.4, -0.2) is 17.8 Å². The second-order valence-electron chi connectivity index (χ2n) is 5.19. The van der Waals surface area contributed by atoms with E-state index in [9.17, 15) is 5.11 Å². The number of unbranched alkanes of at least 4 members (excludes halogenated alkanes) is 2. The maximum Gasteiger partial charge on any atom is 0.0852 e. The van der Waals surface area contributed by atoms with Crippen molar-refractivity contribution in [3.05, 3.63) is 35.4 Å². The highest BCUT2D eigenvalue weighted by atomic mass is 16.5. The van der Waals surface area contributed by atoms with Gasteiger partial charge in [-0.15, -0.1) is 0 Å². The van der Waals surface area contributed by atoms with Crippen molar-refractivity contribution in [3.8, 4) is 0 Å². The van der Waals surface area contributed by atoms with E-state index in [2.05, 4.69) is 31.2 Å². The SMILES string of the molecule is CCCCCC(O)CC1OCCc2ccccc21. The molecule has 0 aliphatic carbocycles. The molecule has 0 aromatic heterocycles. The van der Waals surface area contributed by atoms with Crippen molar-refractivity contribution in [2.45, 2.75) is 57.7 Å². The van der Waals surface area contributed by atoms with Crippen LogP contribution >= 0.6 is 0 Å².